The number of carbonyl (C=O) groups excluding carboxylic acids is 2. The number of hydrogen-bond acceptors (Lipinski definition) is 3. The molecule has 0 bridgehead atoms. The molecule has 1 aromatic rings. The maximum Gasteiger partial charge on any atom is 0.306 e. The van der Waals surface area contributed by atoms with E-state index in [1.165, 1.54) is 0 Å². The first-order valence-corrected chi connectivity index (χ1v) is 7.67. The molecule has 0 spiro atoms. The highest BCUT2D eigenvalue weighted by molar-refractivity contribution is 9.10. The lowest BCUT2D eigenvalue weighted by atomic mass is 10.2. The Morgan fingerprint density at radius 2 is 1.71 bits per heavy atom. The second kappa shape index (κ2) is 7.59. The summed E-state index contributed by atoms with van der Waals surface area (Å²) in [6.45, 7) is 5.96. The van der Waals surface area contributed by atoms with Gasteiger partial charge in [0.2, 0.25) is 5.91 Å². The molecule has 4 nitrogen and oxygen atoms in total. The van der Waals surface area contributed by atoms with E-state index in [-0.39, 0.29) is 24.7 Å². The number of amides is 1. The Morgan fingerprint density at radius 3 is 2.24 bits per heavy atom. The molecule has 116 valence electrons. The molecule has 0 aliphatic rings. The van der Waals surface area contributed by atoms with Gasteiger partial charge in [0.1, 0.15) is 5.60 Å². The largest absolute Gasteiger partial charge is 0.460 e. The van der Waals surface area contributed by atoms with Crippen molar-refractivity contribution in [3.05, 3.63) is 34.3 Å². The Balaban J connectivity index is 2.41. The number of carbonyl (C=O) groups is 2. The number of esters is 1. The summed E-state index contributed by atoms with van der Waals surface area (Å²) in [5.74, 6) is -0.406. The minimum absolute atomic E-state index is 0.0659. The Hall–Kier alpha value is -1.36. The van der Waals surface area contributed by atoms with Gasteiger partial charge in [0.15, 0.2) is 0 Å². The molecule has 1 amide bonds. The van der Waals surface area contributed by atoms with Crippen LogP contribution in [0.3, 0.4) is 0 Å². The molecule has 0 aromatic heterocycles. The number of nitrogens with zero attached hydrogens (tertiary/aromatic N) is 1. The number of ether oxygens (including phenoxy) is 1. The Kier molecular flexibility index (Phi) is 6.40. The Labute approximate surface area is 134 Å². The van der Waals surface area contributed by atoms with Gasteiger partial charge in [-0.1, -0.05) is 28.1 Å². The molecule has 0 aliphatic carbocycles. The molecule has 0 unspecified atom stereocenters. The third-order valence-corrected chi connectivity index (χ3v) is 3.25. The fraction of sp³-hybridized carbons (Fsp3) is 0.500. The number of hydrogen-bond donors (Lipinski definition) is 0. The molecule has 1 aromatic carbocycles. The van der Waals surface area contributed by atoms with Crippen molar-refractivity contribution in [1.82, 2.24) is 4.90 Å². The first-order valence-electron chi connectivity index (χ1n) is 6.87. The predicted molar refractivity (Wildman–Crippen MR) is 85.7 cm³/mol. The fourth-order valence-electron chi connectivity index (χ4n) is 1.74. The van der Waals surface area contributed by atoms with Crippen LogP contribution in [0.25, 0.3) is 0 Å². The topological polar surface area (TPSA) is 46.6 Å². The quantitative estimate of drug-likeness (QED) is 0.759. The van der Waals surface area contributed by atoms with E-state index < -0.39 is 5.60 Å². The van der Waals surface area contributed by atoms with Crippen molar-refractivity contribution in [2.45, 2.75) is 45.8 Å². The van der Waals surface area contributed by atoms with Crippen LogP contribution in [0, 0.1) is 0 Å². The number of benzene rings is 1. The lowest BCUT2D eigenvalue weighted by Crippen LogP contribution is -2.28. The highest BCUT2D eigenvalue weighted by Gasteiger charge is 2.18. The molecule has 0 fully saturated rings. The number of rotatable bonds is 5. The van der Waals surface area contributed by atoms with Crippen LogP contribution in [0.5, 0.6) is 0 Å². The van der Waals surface area contributed by atoms with Crippen molar-refractivity contribution in [2.24, 2.45) is 0 Å². The van der Waals surface area contributed by atoms with Crippen molar-refractivity contribution in [3.8, 4) is 0 Å². The van der Waals surface area contributed by atoms with Crippen LogP contribution in [0.2, 0.25) is 0 Å². The maximum atomic E-state index is 12.0. The molecule has 0 atom stereocenters. The van der Waals surface area contributed by atoms with Crippen molar-refractivity contribution in [2.75, 3.05) is 7.05 Å². The van der Waals surface area contributed by atoms with E-state index in [9.17, 15) is 9.59 Å². The maximum absolute atomic E-state index is 12.0. The lowest BCUT2D eigenvalue weighted by Gasteiger charge is -2.20. The standard InChI is InChI=1S/C16H22BrNO3/c1-16(2,3)21-15(20)10-9-14(19)18(4)11-12-5-7-13(17)8-6-12/h5-8H,9-11H2,1-4H3. The first kappa shape index (κ1) is 17.7. The van der Waals surface area contributed by atoms with Crippen LogP contribution in [0.1, 0.15) is 39.2 Å². The van der Waals surface area contributed by atoms with E-state index in [4.69, 9.17) is 4.74 Å². The number of halogens is 1. The summed E-state index contributed by atoms with van der Waals surface area (Å²) in [7, 11) is 1.74. The summed E-state index contributed by atoms with van der Waals surface area (Å²) >= 11 is 3.37. The third-order valence-electron chi connectivity index (χ3n) is 2.72. The van der Waals surface area contributed by atoms with Crippen LogP contribution >= 0.6 is 15.9 Å². The zero-order valence-electron chi connectivity index (χ0n) is 13.0. The molecule has 0 N–H and O–H groups in total. The SMILES string of the molecule is CN(Cc1ccc(Br)cc1)C(=O)CCC(=O)OC(C)(C)C. The molecule has 21 heavy (non-hydrogen) atoms. The van der Waals surface area contributed by atoms with Gasteiger partial charge in [-0.3, -0.25) is 9.59 Å². The second-order valence-corrected chi connectivity index (χ2v) is 6.88. The van der Waals surface area contributed by atoms with Gasteiger partial charge in [0.05, 0.1) is 6.42 Å². The molecule has 0 saturated carbocycles. The van der Waals surface area contributed by atoms with Gasteiger partial charge in [-0.2, -0.15) is 0 Å². The van der Waals surface area contributed by atoms with E-state index in [0.29, 0.717) is 6.54 Å². The van der Waals surface area contributed by atoms with Crippen LogP contribution in [0.4, 0.5) is 0 Å². The lowest BCUT2D eigenvalue weighted by molar-refractivity contribution is -0.156. The highest BCUT2D eigenvalue weighted by Crippen LogP contribution is 2.13. The third kappa shape index (κ3) is 7.27. The summed E-state index contributed by atoms with van der Waals surface area (Å²) < 4.78 is 6.19. The molecular weight excluding hydrogens is 334 g/mol. The summed E-state index contributed by atoms with van der Waals surface area (Å²) in [5, 5.41) is 0. The first-order chi connectivity index (χ1) is 9.67. The van der Waals surface area contributed by atoms with Gasteiger partial charge in [0.25, 0.3) is 0 Å². The molecule has 5 heteroatoms. The minimum Gasteiger partial charge on any atom is -0.460 e. The van der Waals surface area contributed by atoms with Gasteiger partial charge >= 0.3 is 5.97 Å². The highest BCUT2D eigenvalue weighted by atomic mass is 79.9. The van der Waals surface area contributed by atoms with Gasteiger partial charge in [-0.25, -0.2) is 0 Å². The van der Waals surface area contributed by atoms with Crippen LogP contribution in [-0.2, 0) is 20.9 Å². The average Bonchev–Trinajstić information content (AvgIpc) is 2.36. The van der Waals surface area contributed by atoms with Crippen LogP contribution in [0.15, 0.2) is 28.7 Å². The molecule has 1 rings (SSSR count). The molecule has 0 radical (unpaired) electrons. The van der Waals surface area contributed by atoms with Crippen molar-refractivity contribution < 1.29 is 14.3 Å². The Morgan fingerprint density at radius 1 is 1.14 bits per heavy atom. The van der Waals surface area contributed by atoms with E-state index in [1.54, 1.807) is 11.9 Å². The van der Waals surface area contributed by atoms with Crippen LogP contribution < -0.4 is 0 Å². The van der Waals surface area contributed by atoms with Crippen molar-refractivity contribution in [1.29, 1.82) is 0 Å². The molecule has 0 aliphatic heterocycles. The van der Waals surface area contributed by atoms with Gasteiger partial charge in [0, 0.05) is 24.5 Å². The zero-order valence-corrected chi connectivity index (χ0v) is 14.6. The normalized spacial score (nSPS) is 11.1. The average molecular weight is 356 g/mol. The van der Waals surface area contributed by atoms with E-state index >= 15 is 0 Å². The predicted octanol–water partition coefficient (Wildman–Crippen LogP) is 3.53. The van der Waals surface area contributed by atoms with Gasteiger partial charge < -0.3 is 9.64 Å². The van der Waals surface area contributed by atoms with Crippen molar-refractivity contribution >= 4 is 27.8 Å². The van der Waals surface area contributed by atoms with Crippen molar-refractivity contribution in [3.63, 3.8) is 0 Å². The van der Waals surface area contributed by atoms with Gasteiger partial charge in [-0.05, 0) is 38.5 Å². The summed E-state index contributed by atoms with van der Waals surface area (Å²) in [5.41, 5.74) is 0.537. The summed E-state index contributed by atoms with van der Waals surface area (Å²) in [6.07, 6.45) is 0.280. The summed E-state index contributed by atoms with van der Waals surface area (Å²) in [6, 6.07) is 7.80. The smallest absolute Gasteiger partial charge is 0.306 e. The zero-order chi connectivity index (χ0) is 16.0. The van der Waals surface area contributed by atoms with E-state index in [0.717, 1.165) is 10.0 Å². The second-order valence-electron chi connectivity index (χ2n) is 5.96. The fourth-order valence-corrected chi connectivity index (χ4v) is 2.01. The van der Waals surface area contributed by atoms with Gasteiger partial charge in [-0.15, -0.1) is 0 Å². The summed E-state index contributed by atoms with van der Waals surface area (Å²) in [4.78, 5) is 25.2. The minimum atomic E-state index is -0.510. The molecule has 0 saturated heterocycles. The Bertz CT molecular complexity index is 491. The molecule has 0 heterocycles. The van der Waals surface area contributed by atoms with Crippen LogP contribution in [-0.4, -0.2) is 29.4 Å². The monoisotopic (exact) mass is 355 g/mol. The van der Waals surface area contributed by atoms with E-state index in [2.05, 4.69) is 15.9 Å². The molecular formula is C16H22BrNO3. The van der Waals surface area contributed by atoms with E-state index in [1.807, 2.05) is 45.0 Å².